The summed E-state index contributed by atoms with van der Waals surface area (Å²) in [6.45, 7) is 6.59. The minimum Gasteiger partial charge on any atom is -0.490 e. The summed E-state index contributed by atoms with van der Waals surface area (Å²) in [6, 6.07) is 17.8. The van der Waals surface area contributed by atoms with Gasteiger partial charge >= 0.3 is 0 Å². The lowest BCUT2D eigenvalue weighted by Gasteiger charge is -2.17. The molecule has 3 rings (SSSR count). The third-order valence-electron chi connectivity index (χ3n) is 4.60. The number of halogens is 2. The second-order valence-electron chi connectivity index (χ2n) is 7.05. The predicted molar refractivity (Wildman–Crippen MR) is 134 cm³/mol. The van der Waals surface area contributed by atoms with Gasteiger partial charge in [-0.25, -0.2) is 5.43 Å². The molecule has 33 heavy (non-hydrogen) atoms. The first kappa shape index (κ1) is 24.4. The van der Waals surface area contributed by atoms with E-state index >= 15 is 0 Å². The Hall–Kier alpha value is -3.28. The highest BCUT2D eigenvalue weighted by molar-refractivity contribution is 6.30. The Labute approximate surface area is 203 Å². The Kier molecular flexibility index (Phi) is 8.93. The van der Waals surface area contributed by atoms with Gasteiger partial charge < -0.3 is 9.47 Å². The largest absolute Gasteiger partial charge is 0.490 e. The molecule has 170 valence electrons. The number of hydrogen-bond donors (Lipinski definition) is 1. The number of amides is 1. The topological polar surface area (TPSA) is 59.9 Å². The summed E-state index contributed by atoms with van der Waals surface area (Å²) in [7, 11) is 0. The van der Waals surface area contributed by atoms with E-state index in [4.69, 9.17) is 32.7 Å². The molecule has 0 saturated carbocycles. The summed E-state index contributed by atoms with van der Waals surface area (Å²) < 4.78 is 12.0. The molecule has 0 atom stereocenters. The van der Waals surface area contributed by atoms with Crippen LogP contribution >= 0.6 is 23.2 Å². The Morgan fingerprint density at radius 3 is 2.33 bits per heavy atom. The van der Waals surface area contributed by atoms with Gasteiger partial charge in [-0.15, -0.1) is 6.58 Å². The molecule has 0 heterocycles. The maximum absolute atomic E-state index is 12.2. The molecule has 0 aromatic heterocycles. The molecule has 0 unspecified atom stereocenters. The fourth-order valence-electron chi connectivity index (χ4n) is 3.06. The fraction of sp³-hybridized carbons (Fsp3) is 0.154. The number of rotatable bonds is 10. The van der Waals surface area contributed by atoms with Crippen molar-refractivity contribution in [2.24, 2.45) is 5.10 Å². The van der Waals surface area contributed by atoms with Gasteiger partial charge in [-0.1, -0.05) is 41.4 Å². The van der Waals surface area contributed by atoms with Crippen LogP contribution in [0.5, 0.6) is 11.5 Å². The molecule has 0 fully saturated rings. The van der Waals surface area contributed by atoms with Crippen molar-refractivity contribution in [1.82, 2.24) is 5.43 Å². The smallest absolute Gasteiger partial charge is 0.271 e. The van der Waals surface area contributed by atoms with Crippen molar-refractivity contribution >= 4 is 35.3 Å². The maximum atomic E-state index is 12.2. The summed E-state index contributed by atoms with van der Waals surface area (Å²) in [5, 5.41) is 5.32. The number of hydrazone groups is 1. The van der Waals surface area contributed by atoms with Crippen molar-refractivity contribution in [3.05, 3.63) is 106 Å². The number of ether oxygens (including phenoxy) is 2. The summed E-state index contributed by atoms with van der Waals surface area (Å²) in [5.74, 6) is 0.910. The minimum absolute atomic E-state index is 0.331. The molecular formula is C26H24Cl2N2O3. The van der Waals surface area contributed by atoms with Crippen LogP contribution in [0.4, 0.5) is 0 Å². The SMILES string of the molecule is C=CCc1cc(/C=N/NC(=O)c2ccc(Cl)cc2)cc(OCC)c1OCc1ccc(Cl)cc1. The van der Waals surface area contributed by atoms with Gasteiger partial charge in [0.15, 0.2) is 11.5 Å². The molecule has 0 spiro atoms. The van der Waals surface area contributed by atoms with Crippen LogP contribution in [0.25, 0.3) is 0 Å². The zero-order valence-corrected chi connectivity index (χ0v) is 19.7. The molecule has 0 bridgehead atoms. The number of carbonyl (C=O) groups excluding carboxylic acids is 1. The number of benzene rings is 3. The van der Waals surface area contributed by atoms with Crippen molar-refractivity contribution in [3.63, 3.8) is 0 Å². The van der Waals surface area contributed by atoms with Crippen LogP contribution in [-0.4, -0.2) is 18.7 Å². The highest BCUT2D eigenvalue weighted by Crippen LogP contribution is 2.34. The lowest BCUT2D eigenvalue weighted by Crippen LogP contribution is -2.17. The van der Waals surface area contributed by atoms with Crippen LogP contribution in [-0.2, 0) is 13.0 Å². The second-order valence-corrected chi connectivity index (χ2v) is 7.93. The normalized spacial score (nSPS) is 10.8. The molecule has 0 aliphatic carbocycles. The molecule has 0 saturated heterocycles. The number of nitrogens with zero attached hydrogens (tertiary/aromatic N) is 1. The second kappa shape index (κ2) is 12.1. The molecule has 7 heteroatoms. The lowest BCUT2D eigenvalue weighted by molar-refractivity contribution is 0.0955. The standard InChI is InChI=1S/C26H24Cl2N2O3/c1-3-5-21-14-19(16-29-30-26(31)20-8-12-23(28)13-9-20)15-24(32-4-2)25(21)33-17-18-6-10-22(27)11-7-18/h3,6-16H,1,4-5,17H2,2H3,(H,30,31)/b29-16+. The highest BCUT2D eigenvalue weighted by atomic mass is 35.5. The average Bonchev–Trinajstić information content (AvgIpc) is 2.80. The van der Waals surface area contributed by atoms with Gasteiger partial charge in [-0.3, -0.25) is 4.79 Å². The minimum atomic E-state index is -0.331. The summed E-state index contributed by atoms with van der Waals surface area (Å²) in [4.78, 5) is 12.2. The third-order valence-corrected chi connectivity index (χ3v) is 5.10. The monoisotopic (exact) mass is 482 g/mol. The zero-order valence-electron chi connectivity index (χ0n) is 18.2. The highest BCUT2D eigenvalue weighted by Gasteiger charge is 2.13. The van der Waals surface area contributed by atoms with E-state index in [1.165, 1.54) is 0 Å². The third kappa shape index (κ3) is 7.11. The summed E-state index contributed by atoms with van der Waals surface area (Å²) in [5.41, 5.74) is 5.62. The van der Waals surface area contributed by atoms with Gasteiger partial charge in [0, 0.05) is 21.2 Å². The van der Waals surface area contributed by atoms with Crippen molar-refractivity contribution in [2.45, 2.75) is 20.0 Å². The Balaban J connectivity index is 1.79. The fourth-order valence-corrected chi connectivity index (χ4v) is 3.31. The Morgan fingerprint density at radius 1 is 1.03 bits per heavy atom. The van der Waals surface area contributed by atoms with E-state index in [1.54, 1.807) is 36.6 Å². The average molecular weight is 483 g/mol. The van der Waals surface area contributed by atoms with Crippen LogP contribution in [0.2, 0.25) is 10.0 Å². The van der Waals surface area contributed by atoms with Crippen LogP contribution < -0.4 is 14.9 Å². The van der Waals surface area contributed by atoms with Gasteiger partial charge in [0.1, 0.15) is 6.61 Å². The van der Waals surface area contributed by atoms with E-state index in [0.29, 0.717) is 46.7 Å². The molecule has 0 radical (unpaired) electrons. The van der Waals surface area contributed by atoms with Crippen molar-refractivity contribution in [3.8, 4) is 11.5 Å². The first-order chi connectivity index (χ1) is 16.0. The van der Waals surface area contributed by atoms with E-state index in [1.807, 2.05) is 43.3 Å². The summed E-state index contributed by atoms with van der Waals surface area (Å²) in [6.07, 6.45) is 3.93. The van der Waals surface area contributed by atoms with Crippen molar-refractivity contribution in [2.75, 3.05) is 6.61 Å². The summed E-state index contributed by atoms with van der Waals surface area (Å²) >= 11 is 11.8. The Bertz CT molecular complexity index is 1130. The number of carbonyl (C=O) groups is 1. The van der Waals surface area contributed by atoms with E-state index in [2.05, 4.69) is 17.1 Å². The van der Waals surface area contributed by atoms with Gasteiger partial charge in [-0.2, -0.15) is 5.10 Å². The molecule has 0 aliphatic rings. The number of hydrogen-bond acceptors (Lipinski definition) is 4. The molecule has 0 aliphatic heterocycles. The van der Waals surface area contributed by atoms with Gasteiger partial charge in [0.05, 0.1) is 12.8 Å². The van der Waals surface area contributed by atoms with E-state index in [-0.39, 0.29) is 5.91 Å². The van der Waals surface area contributed by atoms with E-state index in [0.717, 1.165) is 16.7 Å². The first-order valence-electron chi connectivity index (χ1n) is 10.4. The number of allylic oxidation sites excluding steroid dienone is 1. The molecule has 3 aromatic carbocycles. The van der Waals surface area contributed by atoms with Crippen LogP contribution in [0, 0.1) is 0 Å². The van der Waals surface area contributed by atoms with Crippen LogP contribution in [0.1, 0.15) is 34.0 Å². The Morgan fingerprint density at radius 2 is 1.70 bits per heavy atom. The van der Waals surface area contributed by atoms with Gasteiger partial charge in [0.2, 0.25) is 0 Å². The maximum Gasteiger partial charge on any atom is 0.271 e. The number of nitrogens with one attached hydrogen (secondary N) is 1. The van der Waals surface area contributed by atoms with E-state index < -0.39 is 0 Å². The molecular weight excluding hydrogens is 459 g/mol. The van der Waals surface area contributed by atoms with Crippen molar-refractivity contribution < 1.29 is 14.3 Å². The van der Waals surface area contributed by atoms with Gasteiger partial charge in [0.25, 0.3) is 5.91 Å². The molecule has 1 N–H and O–H groups in total. The van der Waals surface area contributed by atoms with Gasteiger partial charge in [-0.05, 0) is 73.0 Å². The quantitative estimate of drug-likeness (QED) is 0.205. The van der Waals surface area contributed by atoms with Crippen LogP contribution in [0.3, 0.4) is 0 Å². The van der Waals surface area contributed by atoms with E-state index in [9.17, 15) is 4.79 Å². The molecule has 3 aromatic rings. The first-order valence-corrected chi connectivity index (χ1v) is 11.1. The molecule has 1 amide bonds. The van der Waals surface area contributed by atoms with Crippen molar-refractivity contribution in [1.29, 1.82) is 0 Å². The van der Waals surface area contributed by atoms with Crippen LogP contribution in [0.15, 0.2) is 78.4 Å². The lowest BCUT2D eigenvalue weighted by atomic mass is 10.1. The predicted octanol–water partition coefficient (Wildman–Crippen LogP) is 6.46. The zero-order chi connectivity index (χ0) is 23.6. The molecule has 5 nitrogen and oxygen atoms in total.